The van der Waals surface area contributed by atoms with Gasteiger partial charge in [-0.15, -0.1) is 0 Å². The van der Waals surface area contributed by atoms with Crippen molar-refractivity contribution in [3.63, 3.8) is 0 Å². The molecule has 0 aromatic rings. The van der Waals surface area contributed by atoms with Crippen molar-refractivity contribution in [3.05, 3.63) is 0 Å². The molecule has 0 aromatic heterocycles. The summed E-state index contributed by atoms with van der Waals surface area (Å²) in [6, 6.07) is 0. The van der Waals surface area contributed by atoms with Gasteiger partial charge in [-0.05, 0) is 41.3 Å². The van der Waals surface area contributed by atoms with E-state index in [1.54, 1.807) is 0 Å². The van der Waals surface area contributed by atoms with Gasteiger partial charge in [0, 0.05) is 25.2 Å². The van der Waals surface area contributed by atoms with Crippen LogP contribution in [0.3, 0.4) is 0 Å². The van der Waals surface area contributed by atoms with Gasteiger partial charge in [0.25, 0.3) is 0 Å². The largest absolute Gasteiger partial charge is 0.338 e. The first-order valence-corrected chi connectivity index (χ1v) is 6.46. The number of nitrogens with zero attached hydrogens (tertiary/aromatic N) is 2. The predicted molar refractivity (Wildman–Crippen MR) is 71.0 cm³/mol. The quantitative estimate of drug-likeness (QED) is 0.798. The highest BCUT2D eigenvalue weighted by Crippen LogP contribution is 2.21. The van der Waals surface area contributed by atoms with Crippen molar-refractivity contribution in [2.24, 2.45) is 0 Å². The SMILES string of the molecule is CCNC(C)(C)C(=O)N1CCN(C)C(C)(C)C1. The van der Waals surface area contributed by atoms with Crippen LogP contribution in [0.1, 0.15) is 34.6 Å². The lowest BCUT2D eigenvalue weighted by Crippen LogP contribution is -2.63. The molecule has 1 rings (SSSR count). The van der Waals surface area contributed by atoms with Crippen molar-refractivity contribution < 1.29 is 4.79 Å². The highest BCUT2D eigenvalue weighted by Gasteiger charge is 2.38. The Hall–Kier alpha value is -0.610. The van der Waals surface area contributed by atoms with Crippen molar-refractivity contribution in [1.82, 2.24) is 15.1 Å². The van der Waals surface area contributed by atoms with E-state index in [1.165, 1.54) is 0 Å². The van der Waals surface area contributed by atoms with Crippen LogP contribution >= 0.6 is 0 Å². The minimum atomic E-state index is -0.458. The fourth-order valence-electron chi connectivity index (χ4n) is 2.33. The molecule has 100 valence electrons. The Bertz CT molecular complexity index is 286. The summed E-state index contributed by atoms with van der Waals surface area (Å²) in [5.74, 6) is 0.209. The average molecular weight is 241 g/mol. The molecule has 4 heteroatoms. The zero-order chi connectivity index (χ0) is 13.3. The average Bonchev–Trinajstić information content (AvgIpc) is 2.21. The van der Waals surface area contributed by atoms with Crippen LogP contribution in [0, 0.1) is 0 Å². The Morgan fingerprint density at radius 2 is 1.94 bits per heavy atom. The van der Waals surface area contributed by atoms with Gasteiger partial charge in [0.15, 0.2) is 0 Å². The summed E-state index contributed by atoms with van der Waals surface area (Å²) in [4.78, 5) is 16.8. The van der Waals surface area contributed by atoms with Crippen molar-refractivity contribution in [3.8, 4) is 0 Å². The Kier molecular flexibility index (Phi) is 4.20. The van der Waals surface area contributed by atoms with E-state index < -0.39 is 5.54 Å². The standard InChI is InChI=1S/C13H27N3O/c1-7-14-13(4,5)11(17)16-9-8-15(6)12(2,3)10-16/h14H,7-10H2,1-6H3. The predicted octanol–water partition coefficient (Wildman–Crippen LogP) is 0.927. The molecule has 0 spiro atoms. The van der Waals surface area contributed by atoms with Gasteiger partial charge in [-0.3, -0.25) is 9.69 Å². The number of carbonyl (C=O) groups excluding carboxylic acids is 1. The molecule has 1 N–H and O–H groups in total. The lowest BCUT2D eigenvalue weighted by molar-refractivity contribution is -0.141. The summed E-state index contributed by atoms with van der Waals surface area (Å²) in [6.45, 7) is 13.7. The van der Waals surface area contributed by atoms with Gasteiger partial charge in [0.2, 0.25) is 5.91 Å². The summed E-state index contributed by atoms with van der Waals surface area (Å²) < 4.78 is 0. The molecule has 1 fully saturated rings. The minimum absolute atomic E-state index is 0.0657. The van der Waals surface area contributed by atoms with E-state index in [4.69, 9.17) is 0 Å². The summed E-state index contributed by atoms with van der Waals surface area (Å²) >= 11 is 0. The molecule has 1 saturated heterocycles. The highest BCUT2D eigenvalue weighted by molar-refractivity contribution is 5.85. The second-order valence-electron chi connectivity index (χ2n) is 6.12. The first-order chi connectivity index (χ1) is 7.70. The van der Waals surface area contributed by atoms with E-state index in [0.717, 1.165) is 26.2 Å². The molecular weight excluding hydrogens is 214 g/mol. The number of nitrogens with one attached hydrogen (secondary N) is 1. The Morgan fingerprint density at radius 1 is 1.35 bits per heavy atom. The smallest absolute Gasteiger partial charge is 0.242 e. The molecule has 0 aromatic carbocycles. The zero-order valence-electron chi connectivity index (χ0n) is 12.1. The monoisotopic (exact) mass is 241 g/mol. The molecule has 0 aliphatic carbocycles. The number of piperazine rings is 1. The van der Waals surface area contributed by atoms with Gasteiger partial charge in [-0.2, -0.15) is 0 Å². The van der Waals surface area contributed by atoms with Crippen molar-refractivity contribution >= 4 is 5.91 Å². The number of rotatable bonds is 3. The Balaban J connectivity index is 2.72. The maximum Gasteiger partial charge on any atom is 0.242 e. The third kappa shape index (κ3) is 3.19. The van der Waals surface area contributed by atoms with Crippen LogP contribution in [0.15, 0.2) is 0 Å². The fraction of sp³-hybridized carbons (Fsp3) is 0.923. The van der Waals surface area contributed by atoms with Crippen LogP contribution in [0.25, 0.3) is 0 Å². The summed E-state index contributed by atoms with van der Waals surface area (Å²) in [5.41, 5.74) is -0.392. The van der Waals surface area contributed by atoms with Gasteiger partial charge in [-0.1, -0.05) is 6.92 Å². The molecule has 0 radical (unpaired) electrons. The van der Waals surface area contributed by atoms with E-state index in [-0.39, 0.29) is 11.4 Å². The van der Waals surface area contributed by atoms with Gasteiger partial charge >= 0.3 is 0 Å². The van der Waals surface area contributed by atoms with E-state index in [1.807, 2.05) is 25.7 Å². The number of hydrogen-bond acceptors (Lipinski definition) is 3. The van der Waals surface area contributed by atoms with Gasteiger partial charge in [-0.25, -0.2) is 0 Å². The first kappa shape index (κ1) is 14.5. The highest BCUT2D eigenvalue weighted by atomic mass is 16.2. The van der Waals surface area contributed by atoms with E-state index in [2.05, 4.69) is 31.1 Å². The number of carbonyl (C=O) groups is 1. The third-order valence-corrected chi connectivity index (χ3v) is 3.76. The van der Waals surface area contributed by atoms with Crippen LogP contribution in [-0.2, 0) is 4.79 Å². The summed E-state index contributed by atoms with van der Waals surface area (Å²) in [5, 5.41) is 3.25. The van der Waals surface area contributed by atoms with Gasteiger partial charge < -0.3 is 10.2 Å². The lowest BCUT2D eigenvalue weighted by atomic mass is 9.96. The van der Waals surface area contributed by atoms with Crippen molar-refractivity contribution in [1.29, 1.82) is 0 Å². The molecule has 1 aliphatic heterocycles. The molecule has 0 saturated carbocycles. The molecule has 1 amide bonds. The Morgan fingerprint density at radius 3 is 2.41 bits per heavy atom. The topological polar surface area (TPSA) is 35.6 Å². The molecular formula is C13H27N3O. The molecule has 0 unspecified atom stereocenters. The van der Waals surface area contributed by atoms with Crippen LogP contribution < -0.4 is 5.32 Å². The summed E-state index contributed by atoms with van der Waals surface area (Å²) in [6.07, 6.45) is 0. The maximum atomic E-state index is 12.4. The van der Waals surface area contributed by atoms with Crippen LogP contribution in [0.5, 0.6) is 0 Å². The van der Waals surface area contributed by atoms with E-state index >= 15 is 0 Å². The molecule has 1 heterocycles. The number of amides is 1. The lowest BCUT2D eigenvalue weighted by Gasteiger charge is -2.47. The van der Waals surface area contributed by atoms with Crippen LogP contribution in [-0.4, -0.2) is 60.0 Å². The third-order valence-electron chi connectivity index (χ3n) is 3.76. The zero-order valence-corrected chi connectivity index (χ0v) is 12.1. The molecule has 0 bridgehead atoms. The number of likely N-dealkylation sites (N-methyl/N-ethyl adjacent to an activating group) is 2. The van der Waals surface area contributed by atoms with Gasteiger partial charge in [0.05, 0.1) is 5.54 Å². The normalized spacial score (nSPS) is 21.6. The first-order valence-electron chi connectivity index (χ1n) is 6.46. The molecule has 1 aliphatic rings. The molecule has 4 nitrogen and oxygen atoms in total. The van der Waals surface area contributed by atoms with Crippen LogP contribution in [0.2, 0.25) is 0 Å². The summed E-state index contributed by atoms with van der Waals surface area (Å²) in [7, 11) is 2.12. The second kappa shape index (κ2) is 4.94. The second-order valence-corrected chi connectivity index (χ2v) is 6.12. The maximum absolute atomic E-state index is 12.4. The number of hydrogen-bond donors (Lipinski definition) is 1. The van der Waals surface area contributed by atoms with Crippen LogP contribution in [0.4, 0.5) is 0 Å². The molecule has 17 heavy (non-hydrogen) atoms. The fourth-order valence-corrected chi connectivity index (χ4v) is 2.33. The van der Waals surface area contributed by atoms with E-state index in [9.17, 15) is 4.79 Å². The minimum Gasteiger partial charge on any atom is -0.338 e. The molecule has 0 atom stereocenters. The van der Waals surface area contributed by atoms with Crippen molar-refractivity contribution in [2.45, 2.75) is 45.7 Å². The van der Waals surface area contributed by atoms with Gasteiger partial charge in [0.1, 0.15) is 0 Å². The van der Waals surface area contributed by atoms with Crippen molar-refractivity contribution in [2.75, 3.05) is 33.2 Å². The van der Waals surface area contributed by atoms with E-state index in [0.29, 0.717) is 0 Å². The Labute approximate surface area is 105 Å².